The average molecular weight is 250 g/mol. The number of hydrogen-bond acceptors (Lipinski definition) is 3. The Labute approximate surface area is 109 Å². The molecule has 4 nitrogen and oxygen atoms in total. The number of anilines is 1. The number of nitrogens with one attached hydrogen (secondary N) is 1. The van der Waals surface area contributed by atoms with Crippen LogP contribution in [0.3, 0.4) is 0 Å². The summed E-state index contributed by atoms with van der Waals surface area (Å²) in [5.41, 5.74) is 6.41. The number of benzene rings is 1. The Bertz CT molecular complexity index is 374. The third kappa shape index (κ3) is 4.37. The van der Waals surface area contributed by atoms with Gasteiger partial charge in [-0.25, -0.2) is 0 Å². The minimum atomic E-state index is -0.132. The van der Waals surface area contributed by atoms with Crippen LogP contribution in [0.25, 0.3) is 0 Å². The number of hydrogen-bond donors (Lipinski definition) is 2. The van der Waals surface area contributed by atoms with E-state index in [-0.39, 0.29) is 11.8 Å². The molecule has 0 bridgehead atoms. The molecule has 0 spiro atoms. The molecule has 18 heavy (non-hydrogen) atoms. The zero-order chi connectivity index (χ0) is 13.5. The van der Waals surface area contributed by atoms with Gasteiger partial charge in [-0.3, -0.25) is 4.79 Å². The van der Waals surface area contributed by atoms with Crippen molar-refractivity contribution in [3.8, 4) is 5.75 Å². The second-order valence-electron chi connectivity index (χ2n) is 4.78. The van der Waals surface area contributed by atoms with Crippen molar-refractivity contribution >= 4 is 11.6 Å². The van der Waals surface area contributed by atoms with E-state index in [1.807, 2.05) is 24.3 Å². The molecule has 0 radical (unpaired) electrons. The van der Waals surface area contributed by atoms with E-state index >= 15 is 0 Å². The van der Waals surface area contributed by atoms with Crippen LogP contribution in [0, 0.1) is 11.8 Å². The van der Waals surface area contributed by atoms with Gasteiger partial charge in [-0.1, -0.05) is 13.8 Å². The first-order valence-corrected chi connectivity index (χ1v) is 6.21. The van der Waals surface area contributed by atoms with Crippen molar-refractivity contribution in [2.24, 2.45) is 17.6 Å². The maximum Gasteiger partial charge on any atom is 0.228 e. The van der Waals surface area contributed by atoms with E-state index in [4.69, 9.17) is 10.5 Å². The first-order valence-electron chi connectivity index (χ1n) is 6.21. The lowest BCUT2D eigenvalue weighted by Crippen LogP contribution is -2.30. The minimum Gasteiger partial charge on any atom is -0.497 e. The Morgan fingerprint density at radius 3 is 2.39 bits per heavy atom. The van der Waals surface area contributed by atoms with Gasteiger partial charge in [0, 0.05) is 12.2 Å². The molecule has 0 aliphatic rings. The Morgan fingerprint density at radius 1 is 1.33 bits per heavy atom. The van der Waals surface area contributed by atoms with E-state index in [0.29, 0.717) is 12.5 Å². The highest BCUT2D eigenvalue weighted by atomic mass is 16.5. The maximum absolute atomic E-state index is 12.0. The topological polar surface area (TPSA) is 64.3 Å². The van der Waals surface area contributed by atoms with Gasteiger partial charge in [0.2, 0.25) is 5.91 Å². The Kier molecular flexibility index (Phi) is 5.65. The fourth-order valence-electron chi connectivity index (χ4n) is 1.80. The smallest absolute Gasteiger partial charge is 0.228 e. The van der Waals surface area contributed by atoms with Gasteiger partial charge in [0.25, 0.3) is 0 Å². The summed E-state index contributed by atoms with van der Waals surface area (Å²) in [5, 5.41) is 2.88. The van der Waals surface area contributed by atoms with Crippen molar-refractivity contribution < 1.29 is 9.53 Å². The summed E-state index contributed by atoms with van der Waals surface area (Å²) in [5.74, 6) is 1.08. The van der Waals surface area contributed by atoms with Gasteiger partial charge in [-0.15, -0.1) is 0 Å². The van der Waals surface area contributed by atoms with Crippen molar-refractivity contribution in [2.45, 2.75) is 20.3 Å². The van der Waals surface area contributed by atoms with E-state index in [2.05, 4.69) is 19.2 Å². The predicted molar refractivity (Wildman–Crippen MR) is 73.6 cm³/mol. The number of rotatable bonds is 6. The van der Waals surface area contributed by atoms with E-state index in [0.717, 1.165) is 17.9 Å². The second kappa shape index (κ2) is 7.01. The fourth-order valence-corrected chi connectivity index (χ4v) is 1.80. The van der Waals surface area contributed by atoms with Crippen LogP contribution in [0.2, 0.25) is 0 Å². The van der Waals surface area contributed by atoms with Crippen molar-refractivity contribution in [3.63, 3.8) is 0 Å². The van der Waals surface area contributed by atoms with E-state index in [1.165, 1.54) is 0 Å². The summed E-state index contributed by atoms with van der Waals surface area (Å²) in [7, 11) is 1.61. The molecular weight excluding hydrogens is 228 g/mol. The molecule has 1 amide bonds. The molecule has 1 aromatic carbocycles. The van der Waals surface area contributed by atoms with Crippen LogP contribution in [0.4, 0.5) is 5.69 Å². The molecule has 0 fully saturated rings. The molecule has 0 aromatic heterocycles. The molecule has 1 rings (SSSR count). The molecule has 100 valence electrons. The van der Waals surface area contributed by atoms with Crippen molar-refractivity contribution in [1.29, 1.82) is 0 Å². The van der Waals surface area contributed by atoms with E-state index in [1.54, 1.807) is 7.11 Å². The zero-order valence-corrected chi connectivity index (χ0v) is 11.3. The van der Waals surface area contributed by atoms with Crippen LogP contribution in [-0.4, -0.2) is 19.6 Å². The van der Waals surface area contributed by atoms with Crippen LogP contribution in [0.1, 0.15) is 20.3 Å². The third-order valence-electron chi connectivity index (χ3n) is 2.77. The van der Waals surface area contributed by atoms with Crippen LogP contribution in [0.15, 0.2) is 24.3 Å². The summed E-state index contributed by atoms with van der Waals surface area (Å²) in [6.45, 7) is 4.55. The molecule has 0 saturated carbocycles. The largest absolute Gasteiger partial charge is 0.497 e. The fraction of sp³-hybridized carbons (Fsp3) is 0.500. The van der Waals surface area contributed by atoms with Gasteiger partial charge in [-0.05, 0) is 36.6 Å². The lowest BCUT2D eigenvalue weighted by atomic mass is 9.96. The molecule has 3 N–H and O–H groups in total. The molecular formula is C14H22N2O2. The number of carbonyl (C=O) groups excluding carboxylic acids is 1. The van der Waals surface area contributed by atoms with Crippen molar-refractivity contribution in [3.05, 3.63) is 24.3 Å². The molecule has 1 aromatic rings. The molecule has 4 heteroatoms. The lowest BCUT2D eigenvalue weighted by molar-refractivity contribution is -0.120. The van der Waals surface area contributed by atoms with Crippen LogP contribution in [-0.2, 0) is 4.79 Å². The Balaban J connectivity index is 2.61. The number of ether oxygens (including phenoxy) is 1. The zero-order valence-electron chi connectivity index (χ0n) is 11.3. The molecule has 1 unspecified atom stereocenters. The van der Waals surface area contributed by atoms with Crippen LogP contribution >= 0.6 is 0 Å². The molecule has 0 aliphatic carbocycles. The molecule has 0 saturated heterocycles. The molecule has 0 aliphatic heterocycles. The van der Waals surface area contributed by atoms with Crippen LogP contribution in [0.5, 0.6) is 5.75 Å². The highest BCUT2D eigenvalue weighted by molar-refractivity contribution is 5.92. The lowest BCUT2D eigenvalue weighted by Gasteiger charge is -2.16. The van der Waals surface area contributed by atoms with Crippen molar-refractivity contribution in [2.75, 3.05) is 19.0 Å². The van der Waals surface area contributed by atoms with Crippen LogP contribution < -0.4 is 15.8 Å². The summed E-state index contributed by atoms with van der Waals surface area (Å²) in [4.78, 5) is 12.0. The van der Waals surface area contributed by atoms with Gasteiger partial charge in [0.1, 0.15) is 5.75 Å². The van der Waals surface area contributed by atoms with E-state index in [9.17, 15) is 4.79 Å². The standard InChI is InChI=1S/C14H22N2O2/c1-10(2)8-11(9-15)14(17)16-12-4-6-13(18-3)7-5-12/h4-7,10-11H,8-9,15H2,1-3H3,(H,16,17). The Morgan fingerprint density at radius 2 is 1.94 bits per heavy atom. The van der Waals surface area contributed by atoms with Gasteiger partial charge in [0.05, 0.1) is 13.0 Å². The van der Waals surface area contributed by atoms with Gasteiger partial charge < -0.3 is 15.8 Å². The third-order valence-corrected chi connectivity index (χ3v) is 2.77. The van der Waals surface area contributed by atoms with E-state index < -0.39 is 0 Å². The number of carbonyl (C=O) groups is 1. The van der Waals surface area contributed by atoms with Gasteiger partial charge >= 0.3 is 0 Å². The number of nitrogens with two attached hydrogens (primary N) is 1. The second-order valence-corrected chi connectivity index (χ2v) is 4.78. The van der Waals surface area contributed by atoms with Gasteiger partial charge in [0.15, 0.2) is 0 Å². The minimum absolute atomic E-state index is 0.0173. The molecule has 1 atom stereocenters. The monoisotopic (exact) mass is 250 g/mol. The maximum atomic E-state index is 12.0. The van der Waals surface area contributed by atoms with Crippen molar-refractivity contribution in [1.82, 2.24) is 0 Å². The summed E-state index contributed by atoms with van der Waals surface area (Å²) < 4.78 is 5.06. The number of amides is 1. The van der Waals surface area contributed by atoms with Gasteiger partial charge in [-0.2, -0.15) is 0 Å². The first-order chi connectivity index (χ1) is 8.56. The summed E-state index contributed by atoms with van der Waals surface area (Å²) in [6, 6.07) is 7.27. The SMILES string of the molecule is COc1ccc(NC(=O)C(CN)CC(C)C)cc1. The quantitative estimate of drug-likeness (QED) is 0.814. The molecule has 0 heterocycles. The number of methoxy groups -OCH3 is 1. The summed E-state index contributed by atoms with van der Waals surface area (Å²) in [6.07, 6.45) is 0.804. The highest BCUT2D eigenvalue weighted by Crippen LogP contribution is 2.17. The summed E-state index contributed by atoms with van der Waals surface area (Å²) >= 11 is 0. The Hall–Kier alpha value is -1.55. The predicted octanol–water partition coefficient (Wildman–Crippen LogP) is 2.25. The first kappa shape index (κ1) is 14.5. The average Bonchev–Trinajstić information content (AvgIpc) is 2.36. The highest BCUT2D eigenvalue weighted by Gasteiger charge is 2.18. The normalized spacial score (nSPS) is 12.3.